The summed E-state index contributed by atoms with van der Waals surface area (Å²) in [5.74, 6) is 1.97. The van der Waals surface area contributed by atoms with Crippen LogP contribution in [0, 0.1) is 23.7 Å². The van der Waals surface area contributed by atoms with Gasteiger partial charge in [0.15, 0.2) is 11.6 Å². The number of rotatable bonds is 23. The predicted octanol–water partition coefficient (Wildman–Crippen LogP) is 12.7. The Morgan fingerprint density at radius 1 is 0.476 bits per heavy atom. The number of hydrogen-bond acceptors (Lipinski definition) is 8. The molecule has 4 unspecified atom stereocenters. The van der Waals surface area contributed by atoms with E-state index in [2.05, 4.69) is 47.6 Å². The Hall–Kier alpha value is -4.72. The molecule has 2 aromatic heterocycles. The van der Waals surface area contributed by atoms with Crippen LogP contribution in [0.25, 0.3) is 22.8 Å². The summed E-state index contributed by atoms with van der Waals surface area (Å²) in [7, 11) is 0. The van der Waals surface area contributed by atoms with E-state index in [1.807, 2.05) is 73.3 Å². The van der Waals surface area contributed by atoms with Gasteiger partial charge in [0.2, 0.25) is 0 Å². The van der Waals surface area contributed by atoms with Crippen molar-refractivity contribution in [2.24, 2.45) is 23.7 Å². The zero-order chi connectivity index (χ0) is 44.8. The van der Waals surface area contributed by atoms with Crippen LogP contribution < -0.4 is 0 Å². The van der Waals surface area contributed by atoms with Gasteiger partial charge in [0.25, 0.3) is 0 Å². The van der Waals surface area contributed by atoms with E-state index in [1.165, 1.54) is 75.3 Å². The van der Waals surface area contributed by atoms with Crippen LogP contribution in [0.1, 0.15) is 172 Å². The van der Waals surface area contributed by atoms with E-state index < -0.39 is 11.8 Å². The molecule has 0 aliphatic heterocycles. The van der Waals surface area contributed by atoms with Crippen molar-refractivity contribution in [3.05, 3.63) is 95.6 Å². The van der Waals surface area contributed by atoms with Crippen molar-refractivity contribution in [1.82, 2.24) is 19.9 Å². The minimum absolute atomic E-state index is 0.0619. The molecule has 2 aliphatic rings. The Labute approximate surface area is 378 Å². The average Bonchev–Trinajstić information content (AvgIpc) is 3.30. The van der Waals surface area contributed by atoms with Gasteiger partial charge in [-0.1, -0.05) is 147 Å². The lowest BCUT2D eigenvalue weighted by Crippen LogP contribution is -2.31. The lowest BCUT2D eigenvalue weighted by atomic mass is 9.76. The molecule has 4 atom stereocenters. The van der Waals surface area contributed by atoms with E-state index in [4.69, 9.17) is 0 Å². The molecule has 8 heteroatoms. The summed E-state index contributed by atoms with van der Waals surface area (Å²) < 4.78 is 0. The maximum absolute atomic E-state index is 12.7. The smallest absolute Gasteiger partial charge is 0.159 e. The van der Waals surface area contributed by atoms with E-state index in [1.54, 1.807) is 0 Å². The van der Waals surface area contributed by atoms with E-state index >= 15 is 0 Å². The third-order valence-electron chi connectivity index (χ3n) is 13.3. The number of nitrogens with zero attached hydrogens (tertiary/aromatic N) is 4. The van der Waals surface area contributed by atoms with Gasteiger partial charge < -0.3 is 0 Å². The van der Waals surface area contributed by atoms with Crippen LogP contribution in [0.15, 0.2) is 73.3 Å². The van der Waals surface area contributed by atoms with Crippen molar-refractivity contribution in [2.45, 2.75) is 175 Å². The molecule has 2 heterocycles. The number of unbranched alkanes of at least 4 members (excludes halogenated alkanes) is 8. The second-order valence-electron chi connectivity index (χ2n) is 18.4. The molecule has 2 aliphatic carbocycles. The Morgan fingerprint density at radius 2 is 0.873 bits per heavy atom. The summed E-state index contributed by atoms with van der Waals surface area (Å²) in [5, 5.41) is 0. The van der Waals surface area contributed by atoms with Gasteiger partial charge in [0.05, 0.1) is 11.8 Å². The highest BCUT2D eigenvalue weighted by Crippen LogP contribution is 2.31. The summed E-state index contributed by atoms with van der Waals surface area (Å²) in [6.07, 6.45) is 30.9. The second-order valence-corrected chi connectivity index (χ2v) is 18.4. The Balaban J connectivity index is 0.000000238. The molecule has 8 nitrogen and oxygen atoms in total. The Morgan fingerprint density at radius 3 is 1.25 bits per heavy atom. The number of aryl methyl sites for hydroxylation is 2. The van der Waals surface area contributed by atoms with Gasteiger partial charge in [-0.3, -0.25) is 19.2 Å². The number of ketones is 4. The van der Waals surface area contributed by atoms with E-state index in [0.717, 1.165) is 73.6 Å². The molecule has 0 amide bonds. The number of Topliss-reactive ketones (excluding diaryl/α,β-unsaturated/α-hetero) is 4. The van der Waals surface area contributed by atoms with Crippen molar-refractivity contribution in [3.8, 4) is 22.8 Å². The van der Waals surface area contributed by atoms with E-state index in [9.17, 15) is 19.2 Å². The quantitative estimate of drug-likeness (QED) is 0.0534. The largest absolute Gasteiger partial charge is 0.299 e. The highest BCUT2D eigenvalue weighted by Gasteiger charge is 2.33. The van der Waals surface area contributed by atoms with E-state index in [-0.39, 0.29) is 23.1 Å². The predicted molar refractivity (Wildman–Crippen MR) is 254 cm³/mol. The molecule has 2 aromatic carbocycles. The highest BCUT2D eigenvalue weighted by molar-refractivity contribution is 6.04. The third-order valence-corrected chi connectivity index (χ3v) is 13.3. The van der Waals surface area contributed by atoms with Crippen LogP contribution in [0.5, 0.6) is 0 Å². The molecule has 2 saturated carbocycles. The zero-order valence-electron chi connectivity index (χ0n) is 38.9. The van der Waals surface area contributed by atoms with Gasteiger partial charge in [0.1, 0.15) is 23.1 Å². The molecule has 63 heavy (non-hydrogen) atoms. The first-order chi connectivity index (χ1) is 30.7. The number of carbonyl (C=O) groups is 4. The molecule has 0 N–H and O–H groups in total. The van der Waals surface area contributed by atoms with Gasteiger partial charge in [-0.2, -0.15) is 0 Å². The first kappa shape index (κ1) is 49.3. The Kier molecular flexibility index (Phi) is 21.0. The first-order valence-corrected chi connectivity index (χ1v) is 24.6. The van der Waals surface area contributed by atoms with Crippen molar-refractivity contribution in [3.63, 3.8) is 0 Å². The van der Waals surface area contributed by atoms with Gasteiger partial charge in [-0.05, 0) is 85.5 Å². The Bertz CT molecular complexity index is 1990. The van der Waals surface area contributed by atoms with Gasteiger partial charge >= 0.3 is 0 Å². The average molecular weight is 855 g/mol. The zero-order valence-corrected chi connectivity index (χ0v) is 38.9. The standard InChI is InChI=1S/C28H38N2O2.C27H36N2O2/c1-3-5-6-7-8-10-23-19-29-28(30-20-23)24-14-11-22(12-15-24)18-27(32)25-16-13-21(9-4-2)17-26(25)31;1-3-5-6-7-8-9-22-18-28-27(29-19-22)23-13-10-21(11-14-23)17-26(31)24-15-12-20(4-2)16-25(24)30/h11-12,14-15,19-21,25H,3-10,13,16-18H2,1-2H3;10-11,13-14,18-20,24H,3-9,12,15-17H2,1-2H3. The minimum atomic E-state index is -0.402. The fourth-order valence-electron chi connectivity index (χ4n) is 9.19. The monoisotopic (exact) mass is 855 g/mol. The number of carbonyl (C=O) groups excluding carboxylic acids is 4. The summed E-state index contributed by atoms with van der Waals surface area (Å²) in [6, 6.07) is 15.7. The van der Waals surface area contributed by atoms with Crippen LogP contribution in [-0.2, 0) is 44.9 Å². The van der Waals surface area contributed by atoms with Crippen molar-refractivity contribution >= 4 is 23.1 Å². The number of hydrogen-bond donors (Lipinski definition) is 0. The normalized spacial score (nSPS) is 18.7. The van der Waals surface area contributed by atoms with Gasteiger partial charge in [-0.15, -0.1) is 0 Å². The SMILES string of the molecule is CCCCCCCc1cnc(-c2ccc(CC(=O)C3CCC(CC)CC3=O)cc2)nc1.CCCCCCCc1cnc(-c2ccc(CC(=O)C3CCC(CCC)CC3=O)cc2)nc1. The molecule has 0 radical (unpaired) electrons. The molecule has 2 fully saturated rings. The third kappa shape index (κ3) is 16.1. The summed E-state index contributed by atoms with van der Waals surface area (Å²) >= 11 is 0. The molecule has 6 rings (SSSR count). The molecule has 0 saturated heterocycles. The minimum Gasteiger partial charge on any atom is -0.299 e. The van der Waals surface area contributed by atoms with Crippen molar-refractivity contribution in [2.75, 3.05) is 0 Å². The molecular weight excluding hydrogens is 781 g/mol. The van der Waals surface area contributed by atoms with Crippen molar-refractivity contribution in [1.29, 1.82) is 0 Å². The maximum Gasteiger partial charge on any atom is 0.159 e. The molecule has 0 bridgehead atoms. The summed E-state index contributed by atoms with van der Waals surface area (Å²) in [6.45, 7) is 8.74. The van der Waals surface area contributed by atoms with Crippen LogP contribution in [0.3, 0.4) is 0 Å². The van der Waals surface area contributed by atoms with Crippen LogP contribution in [-0.4, -0.2) is 43.1 Å². The second kappa shape index (κ2) is 26.8. The maximum atomic E-state index is 12.7. The van der Waals surface area contributed by atoms with Crippen LogP contribution >= 0.6 is 0 Å². The van der Waals surface area contributed by atoms with Crippen LogP contribution in [0.4, 0.5) is 0 Å². The lowest BCUT2D eigenvalue weighted by Gasteiger charge is -2.26. The van der Waals surface area contributed by atoms with Gasteiger partial charge in [0, 0.05) is 61.6 Å². The molecule has 4 aromatic rings. The molecular formula is C55H74N4O4. The van der Waals surface area contributed by atoms with Crippen LogP contribution in [0.2, 0.25) is 0 Å². The number of aromatic nitrogens is 4. The molecule has 0 spiro atoms. The highest BCUT2D eigenvalue weighted by atomic mass is 16.2. The lowest BCUT2D eigenvalue weighted by molar-refractivity contribution is -0.136. The van der Waals surface area contributed by atoms with E-state index in [0.29, 0.717) is 55.6 Å². The first-order valence-electron chi connectivity index (χ1n) is 24.6. The fourth-order valence-corrected chi connectivity index (χ4v) is 9.19. The molecule has 338 valence electrons. The fraction of sp³-hybridized carbons (Fsp3) is 0.564. The number of benzene rings is 2. The summed E-state index contributed by atoms with van der Waals surface area (Å²) in [4.78, 5) is 68.3. The van der Waals surface area contributed by atoms with Crippen molar-refractivity contribution < 1.29 is 19.2 Å². The van der Waals surface area contributed by atoms with Gasteiger partial charge in [-0.25, -0.2) is 19.9 Å². The summed E-state index contributed by atoms with van der Waals surface area (Å²) in [5.41, 5.74) is 6.17. The topological polar surface area (TPSA) is 120 Å².